The van der Waals surface area contributed by atoms with Crippen molar-refractivity contribution in [2.24, 2.45) is 5.41 Å². The van der Waals surface area contributed by atoms with Gasteiger partial charge in [0.15, 0.2) is 0 Å². The van der Waals surface area contributed by atoms with E-state index in [4.69, 9.17) is 4.74 Å². The number of carbonyl (C=O) groups is 1. The number of hydrogen-bond donors (Lipinski definition) is 1. The van der Waals surface area contributed by atoms with Gasteiger partial charge >= 0.3 is 5.97 Å². The van der Waals surface area contributed by atoms with E-state index >= 15 is 0 Å². The van der Waals surface area contributed by atoms with Gasteiger partial charge in [0.2, 0.25) is 0 Å². The zero-order chi connectivity index (χ0) is 12.3. The van der Waals surface area contributed by atoms with Crippen molar-refractivity contribution in [1.29, 1.82) is 0 Å². The van der Waals surface area contributed by atoms with E-state index in [0.717, 1.165) is 12.8 Å². The molecule has 0 spiro atoms. The van der Waals surface area contributed by atoms with Crippen LogP contribution in [0.5, 0.6) is 0 Å². The number of rotatable bonds is 5. The minimum Gasteiger partial charge on any atom is -0.461 e. The molecule has 0 N–H and O–H groups in total. The van der Waals surface area contributed by atoms with Crippen LogP contribution in [0.2, 0.25) is 0 Å². The van der Waals surface area contributed by atoms with Crippen LogP contribution in [-0.2, 0) is 16.1 Å². The zero-order valence-electron chi connectivity index (χ0n) is 9.49. The van der Waals surface area contributed by atoms with Crippen LogP contribution in [0.15, 0.2) is 24.3 Å². The summed E-state index contributed by atoms with van der Waals surface area (Å²) >= 11 is 4.22. The lowest BCUT2D eigenvalue weighted by atomic mass is 10.1. The van der Waals surface area contributed by atoms with E-state index < -0.39 is 0 Å². The van der Waals surface area contributed by atoms with Gasteiger partial charge < -0.3 is 4.74 Å². The first-order valence-electron chi connectivity index (χ1n) is 5.65. The number of halogens is 1. The predicted octanol–water partition coefficient (Wildman–Crippen LogP) is 2.97. The van der Waals surface area contributed by atoms with Crippen molar-refractivity contribution in [1.82, 2.24) is 0 Å². The Hall–Kier alpha value is -1.03. The highest BCUT2D eigenvalue weighted by Crippen LogP contribution is 2.49. The normalized spacial score (nSPS) is 16.6. The maximum Gasteiger partial charge on any atom is 0.306 e. The van der Waals surface area contributed by atoms with Crippen molar-refractivity contribution < 1.29 is 13.9 Å². The highest BCUT2D eigenvalue weighted by Gasteiger charge is 2.43. The van der Waals surface area contributed by atoms with Gasteiger partial charge in [-0.1, -0.05) is 18.2 Å². The minimum atomic E-state index is -0.337. The number of esters is 1. The van der Waals surface area contributed by atoms with Crippen LogP contribution < -0.4 is 0 Å². The summed E-state index contributed by atoms with van der Waals surface area (Å²) in [6.45, 7) is 0.00809. The lowest BCUT2D eigenvalue weighted by Crippen LogP contribution is -2.14. The molecule has 1 aliphatic rings. The van der Waals surface area contributed by atoms with Crippen LogP contribution in [0.4, 0.5) is 4.39 Å². The Balaban J connectivity index is 1.82. The maximum atomic E-state index is 13.3. The Morgan fingerprint density at radius 3 is 2.71 bits per heavy atom. The Morgan fingerprint density at radius 2 is 2.12 bits per heavy atom. The average molecular weight is 254 g/mol. The van der Waals surface area contributed by atoms with Crippen molar-refractivity contribution in [3.05, 3.63) is 35.6 Å². The molecular formula is C13H15FO2S. The summed E-state index contributed by atoms with van der Waals surface area (Å²) in [7, 11) is 0. The molecule has 2 nitrogen and oxygen atoms in total. The Bertz CT molecular complexity index is 416. The fourth-order valence-corrected chi connectivity index (χ4v) is 2.13. The molecule has 1 aromatic carbocycles. The van der Waals surface area contributed by atoms with Crippen LogP contribution in [0.3, 0.4) is 0 Å². The number of benzene rings is 1. The molecule has 0 bridgehead atoms. The fraction of sp³-hybridized carbons (Fsp3) is 0.462. The van der Waals surface area contributed by atoms with Crippen molar-refractivity contribution in [2.75, 3.05) is 5.75 Å². The molecule has 0 atom stereocenters. The van der Waals surface area contributed by atoms with Gasteiger partial charge in [0.25, 0.3) is 0 Å². The van der Waals surface area contributed by atoms with E-state index in [0.29, 0.717) is 17.7 Å². The van der Waals surface area contributed by atoms with E-state index in [-0.39, 0.29) is 23.8 Å². The summed E-state index contributed by atoms with van der Waals surface area (Å²) in [4.78, 5) is 11.6. The van der Waals surface area contributed by atoms with E-state index in [1.165, 1.54) is 6.07 Å². The molecule has 1 saturated carbocycles. The molecule has 0 saturated heterocycles. The molecule has 92 valence electrons. The minimum absolute atomic E-state index is 0.00809. The van der Waals surface area contributed by atoms with Crippen LogP contribution >= 0.6 is 12.6 Å². The highest BCUT2D eigenvalue weighted by molar-refractivity contribution is 7.80. The van der Waals surface area contributed by atoms with Crippen molar-refractivity contribution in [2.45, 2.75) is 25.9 Å². The molecule has 0 aliphatic heterocycles. The smallest absolute Gasteiger partial charge is 0.306 e. The third-order valence-corrected chi connectivity index (χ3v) is 3.83. The summed E-state index contributed by atoms with van der Waals surface area (Å²) in [5, 5.41) is 0. The van der Waals surface area contributed by atoms with Crippen LogP contribution in [0, 0.1) is 11.2 Å². The third kappa shape index (κ3) is 3.22. The van der Waals surface area contributed by atoms with Gasteiger partial charge in [-0.05, 0) is 30.1 Å². The first kappa shape index (κ1) is 12.4. The molecule has 2 rings (SSSR count). The van der Waals surface area contributed by atoms with Gasteiger partial charge in [-0.3, -0.25) is 4.79 Å². The molecule has 17 heavy (non-hydrogen) atoms. The molecule has 1 fully saturated rings. The number of carbonyl (C=O) groups excluding carboxylic acids is 1. The lowest BCUT2D eigenvalue weighted by molar-refractivity contribution is -0.146. The highest BCUT2D eigenvalue weighted by atomic mass is 32.1. The second-order valence-corrected chi connectivity index (χ2v) is 4.90. The predicted molar refractivity (Wildman–Crippen MR) is 66.3 cm³/mol. The number of hydrogen-bond acceptors (Lipinski definition) is 3. The SMILES string of the molecule is O=C(CC1(CS)CC1)OCc1ccccc1F. The van der Waals surface area contributed by atoms with E-state index in [1.54, 1.807) is 18.2 Å². The summed E-state index contributed by atoms with van der Waals surface area (Å²) in [6, 6.07) is 6.32. The second kappa shape index (κ2) is 5.08. The maximum absolute atomic E-state index is 13.3. The number of thiol groups is 1. The van der Waals surface area contributed by atoms with Gasteiger partial charge in [0.1, 0.15) is 12.4 Å². The molecule has 0 amide bonds. The average Bonchev–Trinajstić information content (AvgIpc) is 3.08. The van der Waals surface area contributed by atoms with Crippen LogP contribution in [0.1, 0.15) is 24.8 Å². The largest absolute Gasteiger partial charge is 0.461 e. The molecule has 4 heteroatoms. The molecular weight excluding hydrogens is 239 g/mol. The molecule has 0 aromatic heterocycles. The van der Waals surface area contributed by atoms with Crippen molar-refractivity contribution >= 4 is 18.6 Å². The topological polar surface area (TPSA) is 26.3 Å². The Kier molecular flexibility index (Phi) is 3.72. The van der Waals surface area contributed by atoms with E-state index in [1.807, 2.05) is 0 Å². The second-order valence-electron chi connectivity index (χ2n) is 4.59. The summed E-state index contributed by atoms with van der Waals surface area (Å²) in [5.41, 5.74) is 0.465. The molecule has 1 aromatic rings. The van der Waals surface area contributed by atoms with Gasteiger partial charge in [-0.15, -0.1) is 0 Å². The summed E-state index contributed by atoms with van der Waals surface area (Å²) in [5.74, 6) is 0.109. The Labute approximate surface area is 106 Å². The van der Waals surface area contributed by atoms with Crippen molar-refractivity contribution in [3.63, 3.8) is 0 Å². The summed E-state index contributed by atoms with van der Waals surface area (Å²) in [6.07, 6.45) is 2.46. The van der Waals surface area contributed by atoms with Crippen LogP contribution in [0.25, 0.3) is 0 Å². The lowest BCUT2D eigenvalue weighted by Gasteiger charge is -2.11. The quantitative estimate of drug-likeness (QED) is 0.646. The zero-order valence-corrected chi connectivity index (χ0v) is 10.4. The van der Waals surface area contributed by atoms with E-state index in [9.17, 15) is 9.18 Å². The third-order valence-electron chi connectivity index (χ3n) is 3.16. The standard InChI is InChI=1S/C13H15FO2S/c14-11-4-2-1-3-10(11)8-16-12(15)7-13(9-17)5-6-13/h1-4,17H,5-9H2. The van der Waals surface area contributed by atoms with Crippen molar-refractivity contribution in [3.8, 4) is 0 Å². The van der Waals surface area contributed by atoms with Gasteiger partial charge in [-0.25, -0.2) is 4.39 Å². The first-order valence-corrected chi connectivity index (χ1v) is 6.28. The monoisotopic (exact) mass is 254 g/mol. The fourth-order valence-electron chi connectivity index (χ4n) is 1.70. The molecule has 0 radical (unpaired) electrons. The van der Waals surface area contributed by atoms with Crippen LogP contribution in [-0.4, -0.2) is 11.7 Å². The number of ether oxygens (including phenoxy) is 1. The van der Waals surface area contributed by atoms with Gasteiger partial charge in [-0.2, -0.15) is 12.6 Å². The van der Waals surface area contributed by atoms with E-state index in [2.05, 4.69) is 12.6 Å². The first-order chi connectivity index (χ1) is 8.15. The molecule has 1 aliphatic carbocycles. The summed E-state index contributed by atoms with van der Waals surface area (Å²) < 4.78 is 18.3. The molecule has 0 unspecified atom stereocenters. The molecule has 0 heterocycles. The van der Waals surface area contributed by atoms with Gasteiger partial charge in [0, 0.05) is 5.56 Å². The van der Waals surface area contributed by atoms with Gasteiger partial charge in [0.05, 0.1) is 6.42 Å². The Morgan fingerprint density at radius 1 is 1.41 bits per heavy atom.